The molecule has 2 aromatic carbocycles. The fraction of sp³-hybridized carbons (Fsp3) is 0.263. The lowest BCUT2D eigenvalue weighted by molar-refractivity contribution is -0.118. The second kappa shape index (κ2) is 7.45. The van der Waals surface area contributed by atoms with Crippen molar-refractivity contribution >= 4 is 33.1 Å². The van der Waals surface area contributed by atoms with Crippen molar-refractivity contribution in [1.82, 2.24) is 4.98 Å². The van der Waals surface area contributed by atoms with E-state index in [0.29, 0.717) is 19.4 Å². The van der Waals surface area contributed by atoms with Crippen LogP contribution in [0.2, 0.25) is 0 Å². The summed E-state index contributed by atoms with van der Waals surface area (Å²) in [5, 5.41) is 4.95. The standard InChI is InChI=1S/C19H20N2O2S/c1-14-13-24-19(20-14)21(2)18(22)11-6-12-23-17-10-5-8-15-7-3-4-9-16(15)17/h3-5,7-10,13H,6,11-12H2,1-2H3. The molecule has 0 N–H and O–H groups in total. The molecule has 0 aliphatic carbocycles. The quantitative estimate of drug-likeness (QED) is 0.624. The number of aryl methyl sites for hydroxylation is 1. The Morgan fingerprint density at radius 3 is 2.79 bits per heavy atom. The Morgan fingerprint density at radius 2 is 2.00 bits per heavy atom. The molecule has 4 nitrogen and oxygen atoms in total. The molecule has 124 valence electrons. The number of aromatic nitrogens is 1. The van der Waals surface area contributed by atoms with Crippen LogP contribution >= 0.6 is 11.3 Å². The van der Waals surface area contributed by atoms with Gasteiger partial charge in [0.1, 0.15) is 5.75 Å². The van der Waals surface area contributed by atoms with Crippen molar-refractivity contribution in [2.45, 2.75) is 19.8 Å². The molecule has 0 saturated heterocycles. The van der Waals surface area contributed by atoms with Gasteiger partial charge in [0, 0.05) is 24.2 Å². The number of ether oxygens (including phenoxy) is 1. The minimum absolute atomic E-state index is 0.0610. The van der Waals surface area contributed by atoms with Gasteiger partial charge < -0.3 is 4.74 Å². The van der Waals surface area contributed by atoms with Crippen molar-refractivity contribution in [2.24, 2.45) is 0 Å². The zero-order valence-corrected chi connectivity index (χ0v) is 14.7. The first-order valence-electron chi connectivity index (χ1n) is 7.94. The highest BCUT2D eigenvalue weighted by Crippen LogP contribution is 2.25. The lowest BCUT2D eigenvalue weighted by atomic mass is 10.1. The van der Waals surface area contributed by atoms with Crippen molar-refractivity contribution in [2.75, 3.05) is 18.6 Å². The summed E-state index contributed by atoms with van der Waals surface area (Å²) in [5.41, 5.74) is 0.939. The van der Waals surface area contributed by atoms with Crippen LogP contribution in [0, 0.1) is 6.92 Å². The van der Waals surface area contributed by atoms with Gasteiger partial charge in [0.05, 0.1) is 12.3 Å². The van der Waals surface area contributed by atoms with E-state index in [1.54, 1.807) is 11.9 Å². The van der Waals surface area contributed by atoms with Gasteiger partial charge in [0.25, 0.3) is 0 Å². The third-order valence-electron chi connectivity index (χ3n) is 3.81. The fourth-order valence-corrected chi connectivity index (χ4v) is 3.28. The SMILES string of the molecule is Cc1csc(N(C)C(=O)CCCOc2cccc3ccccc23)n1. The molecule has 0 atom stereocenters. The molecule has 0 spiro atoms. The number of thiazole rings is 1. The first-order valence-corrected chi connectivity index (χ1v) is 8.82. The molecule has 1 amide bonds. The smallest absolute Gasteiger partial charge is 0.228 e. The summed E-state index contributed by atoms with van der Waals surface area (Å²) in [5.74, 6) is 0.926. The Kier molecular flexibility index (Phi) is 5.11. The molecule has 0 fully saturated rings. The highest BCUT2D eigenvalue weighted by atomic mass is 32.1. The van der Waals surface area contributed by atoms with Crippen molar-refractivity contribution in [3.05, 3.63) is 53.5 Å². The lowest BCUT2D eigenvalue weighted by Crippen LogP contribution is -2.26. The van der Waals surface area contributed by atoms with Crippen LogP contribution in [-0.4, -0.2) is 24.5 Å². The molecular formula is C19H20N2O2S. The molecular weight excluding hydrogens is 320 g/mol. The monoisotopic (exact) mass is 340 g/mol. The average molecular weight is 340 g/mol. The molecule has 1 heterocycles. The van der Waals surface area contributed by atoms with Crippen LogP contribution in [0.25, 0.3) is 10.8 Å². The van der Waals surface area contributed by atoms with E-state index in [1.807, 2.05) is 42.6 Å². The van der Waals surface area contributed by atoms with Gasteiger partial charge in [-0.15, -0.1) is 11.3 Å². The Labute approximate surface area is 145 Å². The van der Waals surface area contributed by atoms with Crippen molar-refractivity contribution in [1.29, 1.82) is 0 Å². The number of rotatable bonds is 6. The van der Waals surface area contributed by atoms with Crippen LogP contribution in [0.3, 0.4) is 0 Å². The Morgan fingerprint density at radius 1 is 1.21 bits per heavy atom. The van der Waals surface area contributed by atoms with Gasteiger partial charge in [-0.05, 0) is 24.8 Å². The molecule has 3 rings (SSSR count). The zero-order chi connectivity index (χ0) is 16.9. The topological polar surface area (TPSA) is 42.4 Å². The number of carbonyl (C=O) groups excluding carboxylic acids is 1. The summed E-state index contributed by atoms with van der Waals surface area (Å²) >= 11 is 1.49. The molecule has 5 heteroatoms. The highest BCUT2D eigenvalue weighted by molar-refractivity contribution is 7.14. The number of anilines is 1. The highest BCUT2D eigenvalue weighted by Gasteiger charge is 2.13. The number of benzene rings is 2. The van der Waals surface area contributed by atoms with Gasteiger partial charge in [-0.3, -0.25) is 9.69 Å². The van der Waals surface area contributed by atoms with Crippen LogP contribution in [-0.2, 0) is 4.79 Å². The maximum Gasteiger partial charge on any atom is 0.228 e. The molecule has 0 bridgehead atoms. The first-order chi connectivity index (χ1) is 11.6. The van der Waals surface area contributed by atoms with E-state index in [1.165, 1.54) is 11.3 Å². The zero-order valence-electron chi connectivity index (χ0n) is 13.9. The third kappa shape index (κ3) is 3.74. The molecule has 24 heavy (non-hydrogen) atoms. The van der Waals surface area contributed by atoms with Crippen LogP contribution in [0.5, 0.6) is 5.75 Å². The van der Waals surface area contributed by atoms with Crippen LogP contribution in [0.15, 0.2) is 47.8 Å². The normalized spacial score (nSPS) is 10.8. The van der Waals surface area contributed by atoms with Crippen molar-refractivity contribution in [3.8, 4) is 5.75 Å². The summed E-state index contributed by atoms with van der Waals surface area (Å²) < 4.78 is 5.88. The fourth-order valence-electron chi connectivity index (χ4n) is 2.50. The Balaban J connectivity index is 1.52. The predicted molar refractivity (Wildman–Crippen MR) is 98.9 cm³/mol. The van der Waals surface area contributed by atoms with E-state index in [4.69, 9.17) is 4.74 Å². The molecule has 1 aromatic heterocycles. The Bertz CT molecular complexity index is 839. The maximum absolute atomic E-state index is 12.2. The van der Waals surface area contributed by atoms with Gasteiger partial charge in [-0.25, -0.2) is 4.98 Å². The molecule has 0 saturated carbocycles. The molecule has 3 aromatic rings. The predicted octanol–water partition coefficient (Wildman–Crippen LogP) is 4.43. The van der Waals surface area contributed by atoms with Gasteiger partial charge in [0.2, 0.25) is 5.91 Å². The number of hydrogen-bond donors (Lipinski definition) is 0. The van der Waals surface area contributed by atoms with Gasteiger partial charge in [-0.2, -0.15) is 0 Å². The van der Waals surface area contributed by atoms with Crippen molar-refractivity contribution < 1.29 is 9.53 Å². The van der Waals surface area contributed by atoms with E-state index >= 15 is 0 Å². The van der Waals surface area contributed by atoms with E-state index < -0.39 is 0 Å². The summed E-state index contributed by atoms with van der Waals surface area (Å²) in [6.07, 6.45) is 1.12. The number of fused-ring (bicyclic) bond motifs is 1. The lowest BCUT2D eigenvalue weighted by Gasteiger charge is -2.14. The summed E-state index contributed by atoms with van der Waals surface area (Å²) in [6.45, 7) is 2.45. The van der Waals surface area contributed by atoms with Crippen LogP contribution < -0.4 is 9.64 Å². The van der Waals surface area contributed by atoms with Crippen molar-refractivity contribution in [3.63, 3.8) is 0 Å². The van der Waals surface area contributed by atoms with E-state index in [2.05, 4.69) is 17.1 Å². The second-order valence-electron chi connectivity index (χ2n) is 5.65. The maximum atomic E-state index is 12.2. The molecule has 0 radical (unpaired) electrons. The van der Waals surface area contributed by atoms with Crippen LogP contribution in [0.1, 0.15) is 18.5 Å². The number of amides is 1. The van der Waals surface area contributed by atoms with Crippen LogP contribution in [0.4, 0.5) is 5.13 Å². The minimum atomic E-state index is 0.0610. The second-order valence-corrected chi connectivity index (χ2v) is 6.49. The number of carbonyl (C=O) groups is 1. The minimum Gasteiger partial charge on any atom is -0.493 e. The number of hydrogen-bond acceptors (Lipinski definition) is 4. The summed E-state index contributed by atoms with van der Waals surface area (Å²) in [4.78, 5) is 18.2. The largest absolute Gasteiger partial charge is 0.493 e. The van der Waals surface area contributed by atoms with Gasteiger partial charge in [-0.1, -0.05) is 36.4 Å². The molecule has 0 unspecified atom stereocenters. The summed E-state index contributed by atoms with van der Waals surface area (Å²) in [7, 11) is 1.77. The molecule has 0 aliphatic heterocycles. The number of nitrogens with zero attached hydrogens (tertiary/aromatic N) is 2. The molecule has 0 aliphatic rings. The Hall–Kier alpha value is -2.40. The average Bonchev–Trinajstić information content (AvgIpc) is 3.04. The van der Waals surface area contributed by atoms with Gasteiger partial charge >= 0.3 is 0 Å². The van der Waals surface area contributed by atoms with E-state index in [-0.39, 0.29) is 5.91 Å². The van der Waals surface area contributed by atoms with Gasteiger partial charge in [0.15, 0.2) is 5.13 Å². The van der Waals surface area contributed by atoms with E-state index in [0.717, 1.165) is 27.3 Å². The van der Waals surface area contributed by atoms with E-state index in [9.17, 15) is 4.79 Å². The summed E-state index contributed by atoms with van der Waals surface area (Å²) in [6, 6.07) is 14.2. The third-order valence-corrected chi connectivity index (χ3v) is 4.85. The first kappa shape index (κ1) is 16.5.